The van der Waals surface area contributed by atoms with Gasteiger partial charge < -0.3 is 10.3 Å². The molecule has 1 aromatic rings. The van der Waals surface area contributed by atoms with Gasteiger partial charge >= 0.3 is 0 Å². The Morgan fingerprint density at radius 2 is 2.00 bits per heavy atom. The fraction of sp³-hybridized carbons (Fsp3) is 0.824. The van der Waals surface area contributed by atoms with Crippen LogP contribution in [-0.4, -0.2) is 15.6 Å². The third-order valence-corrected chi connectivity index (χ3v) is 4.88. The van der Waals surface area contributed by atoms with Crippen LogP contribution >= 0.6 is 0 Å². The number of nitrogens with two attached hydrogens (primary N) is 1. The Hall–Kier alpha value is -0.830. The van der Waals surface area contributed by atoms with E-state index >= 15 is 0 Å². The zero-order valence-electron chi connectivity index (χ0n) is 13.2. The summed E-state index contributed by atoms with van der Waals surface area (Å²) in [5.74, 6) is 2.84. The van der Waals surface area contributed by atoms with E-state index in [1.807, 2.05) is 6.20 Å². The van der Waals surface area contributed by atoms with Crippen LogP contribution in [0.4, 0.5) is 0 Å². The second kappa shape index (κ2) is 7.82. The van der Waals surface area contributed by atoms with E-state index in [0.717, 1.165) is 25.3 Å². The lowest BCUT2D eigenvalue weighted by Crippen LogP contribution is -2.35. The monoisotopic (exact) mass is 277 g/mol. The van der Waals surface area contributed by atoms with E-state index in [4.69, 9.17) is 5.73 Å². The van der Waals surface area contributed by atoms with Crippen molar-refractivity contribution in [2.24, 2.45) is 17.6 Å². The summed E-state index contributed by atoms with van der Waals surface area (Å²) < 4.78 is 2.27. The molecule has 1 saturated carbocycles. The van der Waals surface area contributed by atoms with Crippen LogP contribution in [0.2, 0.25) is 0 Å². The molecule has 114 valence electrons. The minimum absolute atomic E-state index is 0.288. The molecule has 0 spiro atoms. The van der Waals surface area contributed by atoms with Crippen LogP contribution in [0.25, 0.3) is 0 Å². The molecular formula is C17H31N3. The summed E-state index contributed by atoms with van der Waals surface area (Å²) in [4.78, 5) is 4.50. The van der Waals surface area contributed by atoms with Gasteiger partial charge in [0, 0.05) is 31.4 Å². The molecule has 1 fully saturated rings. The molecule has 0 radical (unpaired) electrons. The predicted molar refractivity (Wildman–Crippen MR) is 84.6 cm³/mol. The predicted octanol–water partition coefficient (Wildman–Crippen LogP) is 3.77. The first-order valence-corrected chi connectivity index (χ1v) is 8.50. The van der Waals surface area contributed by atoms with Crippen molar-refractivity contribution in [3.8, 4) is 0 Å². The van der Waals surface area contributed by atoms with E-state index < -0.39 is 0 Å². The maximum absolute atomic E-state index is 6.47. The van der Waals surface area contributed by atoms with Gasteiger partial charge in [0.15, 0.2) is 0 Å². The van der Waals surface area contributed by atoms with Gasteiger partial charge in [-0.25, -0.2) is 4.98 Å². The fourth-order valence-corrected chi connectivity index (χ4v) is 3.67. The summed E-state index contributed by atoms with van der Waals surface area (Å²) in [5.41, 5.74) is 6.47. The highest BCUT2D eigenvalue weighted by Crippen LogP contribution is 2.33. The van der Waals surface area contributed by atoms with Crippen LogP contribution in [0.15, 0.2) is 12.4 Å². The van der Waals surface area contributed by atoms with Crippen LogP contribution in [-0.2, 0) is 13.0 Å². The van der Waals surface area contributed by atoms with Crippen LogP contribution < -0.4 is 5.73 Å². The van der Waals surface area contributed by atoms with Crippen molar-refractivity contribution < 1.29 is 0 Å². The third-order valence-electron chi connectivity index (χ3n) is 4.88. The van der Waals surface area contributed by atoms with Crippen molar-refractivity contribution >= 4 is 0 Å². The zero-order chi connectivity index (χ0) is 14.4. The van der Waals surface area contributed by atoms with E-state index in [-0.39, 0.29) is 6.04 Å². The second-order valence-electron chi connectivity index (χ2n) is 6.47. The quantitative estimate of drug-likeness (QED) is 0.824. The van der Waals surface area contributed by atoms with E-state index in [1.165, 1.54) is 44.3 Å². The fourth-order valence-electron chi connectivity index (χ4n) is 3.67. The number of nitrogens with zero attached hydrogens (tertiary/aromatic N) is 2. The molecule has 1 aliphatic rings. The summed E-state index contributed by atoms with van der Waals surface area (Å²) in [6.07, 6.45) is 14.2. The molecule has 0 aromatic carbocycles. The average molecular weight is 277 g/mol. The summed E-state index contributed by atoms with van der Waals surface area (Å²) in [6, 6.07) is 0.288. The van der Waals surface area contributed by atoms with Crippen molar-refractivity contribution in [1.82, 2.24) is 9.55 Å². The molecule has 1 aliphatic carbocycles. The molecule has 1 atom stereocenters. The first-order valence-electron chi connectivity index (χ1n) is 8.50. The second-order valence-corrected chi connectivity index (χ2v) is 6.47. The van der Waals surface area contributed by atoms with Crippen LogP contribution in [0, 0.1) is 11.8 Å². The first kappa shape index (κ1) is 15.6. The molecule has 1 unspecified atom stereocenters. The Kier molecular flexibility index (Phi) is 6.08. The highest BCUT2D eigenvalue weighted by atomic mass is 15.1. The number of aryl methyl sites for hydroxylation is 1. The van der Waals surface area contributed by atoms with Gasteiger partial charge in [-0.15, -0.1) is 0 Å². The molecule has 0 bridgehead atoms. The van der Waals surface area contributed by atoms with Crippen LogP contribution in [0.5, 0.6) is 0 Å². The maximum atomic E-state index is 6.47. The molecular weight excluding hydrogens is 246 g/mol. The van der Waals surface area contributed by atoms with Gasteiger partial charge in [0.2, 0.25) is 0 Å². The SMILES string of the molecule is CCCC1CCC(C(N)Cc2nccn2CCC)CC1. The van der Waals surface area contributed by atoms with E-state index in [1.54, 1.807) is 0 Å². The smallest absolute Gasteiger partial charge is 0.110 e. The molecule has 3 nitrogen and oxygen atoms in total. The molecule has 1 heterocycles. The minimum Gasteiger partial charge on any atom is -0.335 e. The molecule has 2 N–H and O–H groups in total. The van der Waals surface area contributed by atoms with Crippen molar-refractivity contribution in [3.05, 3.63) is 18.2 Å². The van der Waals surface area contributed by atoms with Crippen molar-refractivity contribution in [2.45, 2.75) is 77.8 Å². The Morgan fingerprint density at radius 1 is 1.25 bits per heavy atom. The lowest BCUT2D eigenvalue weighted by Gasteiger charge is -2.32. The highest BCUT2D eigenvalue weighted by molar-refractivity contribution is 4.97. The van der Waals surface area contributed by atoms with Gasteiger partial charge in [0.05, 0.1) is 0 Å². The number of rotatable bonds is 7. The first-order chi connectivity index (χ1) is 9.74. The number of hydrogen-bond donors (Lipinski definition) is 1. The van der Waals surface area contributed by atoms with Crippen LogP contribution in [0.3, 0.4) is 0 Å². The highest BCUT2D eigenvalue weighted by Gasteiger charge is 2.26. The number of imidazole rings is 1. The molecule has 20 heavy (non-hydrogen) atoms. The number of aromatic nitrogens is 2. The van der Waals surface area contributed by atoms with Gasteiger partial charge in [0.25, 0.3) is 0 Å². The van der Waals surface area contributed by atoms with Gasteiger partial charge in [-0.1, -0.05) is 39.5 Å². The van der Waals surface area contributed by atoms with E-state index in [9.17, 15) is 0 Å². The topological polar surface area (TPSA) is 43.8 Å². The zero-order valence-corrected chi connectivity index (χ0v) is 13.2. The molecule has 0 saturated heterocycles. The maximum Gasteiger partial charge on any atom is 0.110 e. The summed E-state index contributed by atoms with van der Waals surface area (Å²) >= 11 is 0. The van der Waals surface area contributed by atoms with E-state index in [2.05, 4.69) is 29.6 Å². The normalized spacial score (nSPS) is 24.8. The molecule has 0 amide bonds. The summed E-state index contributed by atoms with van der Waals surface area (Å²) in [7, 11) is 0. The molecule has 0 aliphatic heterocycles. The Bertz CT molecular complexity index is 377. The Balaban J connectivity index is 1.83. The minimum atomic E-state index is 0.288. The van der Waals surface area contributed by atoms with Gasteiger partial charge in [-0.05, 0) is 31.1 Å². The molecule has 3 heteroatoms. The Morgan fingerprint density at radius 3 is 2.65 bits per heavy atom. The van der Waals surface area contributed by atoms with Crippen molar-refractivity contribution in [1.29, 1.82) is 0 Å². The van der Waals surface area contributed by atoms with Crippen molar-refractivity contribution in [2.75, 3.05) is 0 Å². The third kappa shape index (κ3) is 4.08. The van der Waals surface area contributed by atoms with E-state index in [0.29, 0.717) is 5.92 Å². The molecule has 2 rings (SSSR count). The number of hydrogen-bond acceptors (Lipinski definition) is 2. The standard InChI is InChI=1S/C17H31N3/c1-3-5-14-6-8-15(9-7-14)16(18)13-17-19-10-12-20(17)11-4-2/h10,12,14-16H,3-9,11,13,18H2,1-2H3. The van der Waals surface area contributed by atoms with Crippen molar-refractivity contribution in [3.63, 3.8) is 0 Å². The van der Waals surface area contributed by atoms with Gasteiger partial charge in [0.1, 0.15) is 5.82 Å². The summed E-state index contributed by atoms with van der Waals surface area (Å²) in [6.45, 7) is 5.56. The molecule has 1 aromatic heterocycles. The largest absolute Gasteiger partial charge is 0.335 e. The Labute approximate surface area is 124 Å². The summed E-state index contributed by atoms with van der Waals surface area (Å²) in [5, 5.41) is 0. The van der Waals surface area contributed by atoms with Gasteiger partial charge in [-0.3, -0.25) is 0 Å². The van der Waals surface area contributed by atoms with Crippen LogP contribution in [0.1, 0.15) is 64.6 Å². The lowest BCUT2D eigenvalue weighted by atomic mass is 9.76. The van der Waals surface area contributed by atoms with Gasteiger partial charge in [-0.2, -0.15) is 0 Å². The lowest BCUT2D eigenvalue weighted by molar-refractivity contribution is 0.231. The average Bonchev–Trinajstić information content (AvgIpc) is 2.88.